The van der Waals surface area contributed by atoms with Crippen LogP contribution in [0.4, 0.5) is 0 Å². The summed E-state index contributed by atoms with van der Waals surface area (Å²) in [5, 5.41) is 0. The van der Waals surface area contributed by atoms with E-state index in [9.17, 15) is 4.79 Å². The number of methoxy groups -OCH3 is 1. The molecule has 0 amide bonds. The molecule has 0 aromatic heterocycles. The molecule has 0 N–H and O–H groups in total. The van der Waals surface area contributed by atoms with Crippen LogP contribution in [0.2, 0.25) is 0 Å². The lowest BCUT2D eigenvalue weighted by Gasteiger charge is -2.08. The number of halogens is 1. The smallest absolute Gasteiger partial charge is 0.306 e. The van der Waals surface area contributed by atoms with Crippen molar-refractivity contribution in [3.05, 3.63) is 27.3 Å². The molecule has 3 nitrogen and oxygen atoms in total. The highest BCUT2D eigenvalue weighted by atomic mass is 127. The molecule has 0 aliphatic heterocycles. The van der Waals surface area contributed by atoms with Gasteiger partial charge in [-0.2, -0.15) is 0 Å². The summed E-state index contributed by atoms with van der Waals surface area (Å²) in [6.07, 6.45) is 1.05. The van der Waals surface area contributed by atoms with Crippen molar-refractivity contribution < 1.29 is 14.3 Å². The van der Waals surface area contributed by atoms with Gasteiger partial charge in [-0.25, -0.2) is 0 Å². The first-order valence-electron chi connectivity index (χ1n) is 5.15. The Hall–Kier alpha value is -0.780. The number of benzene rings is 1. The molecule has 4 heteroatoms. The van der Waals surface area contributed by atoms with Crippen molar-refractivity contribution in [2.75, 3.05) is 13.7 Å². The van der Waals surface area contributed by atoms with Crippen LogP contribution in [0.5, 0.6) is 5.75 Å². The normalized spacial score (nSPS) is 9.94. The highest BCUT2D eigenvalue weighted by Gasteiger charge is 2.07. The van der Waals surface area contributed by atoms with Crippen molar-refractivity contribution in [1.82, 2.24) is 0 Å². The first kappa shape index (κ1) is 13.3. The van der Waals surface area contributed by atoms with Gasteiger partial charge in [0.05, 0.1) is 13.7 Å². The zero-order valence-electron chi connectivity index (χ0n) is 9.46. The van der Waals surface area contributed by atoms with Gasteiger partial charge in [0.1, 0.15) is 5.75 Å². The number of hydrogen-bond acceptors (Lipinski definition) is 3. The van der Waals surface area contributed by atoms with Gasteiger partial charge in [0.2, 0.25) is 0 Å². The van der Waals surface area contributed by atoms with Gasteiger partial charge >= 0.3 is 5.97 Å². The Balaban J connectivity index is 2.63. The minimum absolute atomic E-state index is 0.164. The fourth-order valence-corrected chi connectivity index (χ4v) is 1.86. The maximum atomic E-state index is 11.2. The molecule has 0 spiro atoms. The fraction of sp³-hybridized carbons (Fsp3) is 0.417. The van der Waals surface area contributed by atoms with Crippen molar-refractivity contribution >= 4 is 28.6 Å². The maximum Gasteiger partial charge on any atom is 0.306 e. The number of carbonyl (C=O) groups excluding carboxylic acids is 1. The summed E-state index contributed by atoms with van der Waals surface area (Å²) < 4.78 is 11.3. The summed E-state index contributed by atoms with van der Waals surface area (Å²) in [7, 11) is 1.64. The van der Waals surface area contributed by atoms with Crippen LogP contribution in [0, 0.1) is 3.57 Å². The molecule has 16 heavy (non-hydrogen) atoms. The number of ether oxygens (including phenoxy) is 2. The van der Waals surface area contributed by atoms with Gasteiger partial charge < -0.3 is 9.47 Å². The van der Waals surface area contributed by atoms with Crippen molar-refractivity contribution in [3.8, 4) is 5.75 Å². The Morgan fingerprint density at radius 1 is 1.44 bits per heavy atom. The molecule has 1 aromatic rings. The molecule has 0 heterocycles. The van der Waals surface area contributed by atoms with E-state index < -0.39 is 0 Å². The van der Waals surface area contributed by atoms with Gasteiger partial charge in [0.25, 0.3) is 0 Å². The van der Waals surface area contributed by atoms with E-state index in [1.54, 1.807) is 7.11 Å². The van der Waals surface area contributed by atoms with Crippen molar-refractivity contribution in [2.24, 2.45) is 0 Å². The van der Waals surface area contributed by atoms with Gasteiger partial charge in [0.15, 0.2) is 0 Å². The monoisotopic (exact) mass is 334 g/mol. The van der Waals surface area contributed by atoms with E-state index in [-0.39, 0.29) is 5.97 Å². The molecule has 0 unspecified atom stereocenters. The van der Waals surface area contributed by atoms with Crippen LogP contribution in [-0.2, 0) is 16.0 Å². The van der Waals surface area contributed by atoms with Crippen molar-refractivity contribution in [3.63, 3.8) is 0 Å². The first-order valence-corrected chi connectivity index (χ1v) is 6.23. The van der Waals surface area contributed by atoms with E-state index in [1.807, 2.05) is 25.1 Å². The number of esters is 1. The molecule has 0 bridgehead atoms. The van der Waals surface area contributed by atoms with Crippen LogP contribution in [0.15, 0.2) is 18.2 Å². The third-order valence-corrected chi connectivity index (χ3v) is 2.82. The number of carbonyl (C=O) groups is 1. The molecule has 0 aliphatic carbocycles. The first-order chi connectivity index (χ1) is 7.67. The average Bonchev–Trinajstić information content (AvgIpc) is 2.27. The third kappa shape index (κ3) is 4.00. The van der Waals surface area contributed by atoms with Gasteiger partial charge in [-0.05, 0) is 53.6 Å². The molecule has 0 radical (unpaired) electrons. The molecular weight excluding hydrogens is 319 g/mol. The van der Waals surface area contributed by atoms with E-state index in [2.05, 4.69) is 22.6 Å². The molecule has 88 valence electrons. The second-order valence-electron chi connectivity index (χ2n) is 3.26. The average molecular weight is 334 g/mol. The Morgan fingerprint density at radius 2 is 2.19 bits per heavy atom. The number of hydrogen-bond donors (Lipinski definition) is 0. The quantitative estimate of drug-likeness (QED) is 0.614. The maximum absolute atomic E-state index is 11.2. The van der Waals surface area contributed by atoms with E-state index in [0.717, 1.165) is 14.9 Å². The predicted molar refractivity (Wildman–Crippen MR) is 70.7 cm³/mol. The van der Waals surface area contributed by atoms with Crippen LogP contribution in [-0.4, -0.2) is 19.7 Å². The standard InChI is InChI=1S/C12H15IO3/c1-3-16-12(14)7-5-9-4-6-10(13)8-11(9)15-2/h4,6,8H,3,5,7H2,1-2H3. The predicted octanol–water partition coefficient (Wildman–Crippen LogP) is 2.80. The van der Waals surface area contributed by atoms with Crippen LogP contribution in [0.25, 0.3) is 0 Å². The second kappa shape index (κ2) is 6.73. The summed E-state index contributed by atoms with van der Waals surface area (Å²) in [4.78, 5) is 11.2. The number of rotatable bonds is 5. The Kier molecular flexibility index (Phi) is 5.59. The Labute approximate surface area is 109 Å². The van der Waals surface area contributed by atoms with Crippen molar-refractivity contribution in [2.45, 2.75) is 19.8 Å². The topological polar surface area (TPSA) is 35.5 Å². The zero-order valence-corrected chi connectivity index (χ0v) is 11.6. The summed E-state index contributed by atoms with van der Waals surface area (Å²) >= 11 is 2.23. The van der Waals surface area contributed by atoms with Gasteiger partial charge in [-0.1, -0.05) is 6.07 Å². The lowest BCUT2D eigenvalue weighted by atomic mass is 10.1. The lowest BCUT2D eigenvalue weighted by molar-refractivity contribution is -0.143. The SMILES string of the molecule is CCOC(=O)CCc1ccc(I)cc1OC. The van der Waals surface area contributed by atoms with E-state index in [4.69, 9.17) is 9.47 Å². The third-order valence-electron chi connectivity index (χ3n) is 2.15. The van der Waals surface area contributed by atoms with Gasteiger partial charge in [-0.15, -0.1) is 0 Å². The summed E-state index contributed by atoms with van der Waals surface area (Å²) in [5.41, 5.74) is 1.04. The molecule has 1 rings (SSSR count). The Morgan fingerprint density at radius 3 is 2.81 bits per heavy atom. The molecule has 0 saturated heterocycles. The molecule has 0 fully saturated rings. The van der Waals surface area contributed by atoms with E-state index in [1.165, 1.54) is 0 Å². The zero-order chi connectivity index (χ0) is 12.0. The molecular formula is C12H15IO3. The minimum atomic E-state index is -0.164. The fourth-order valence-electron chi connectivity index (χ4n) is 1.39. The van der Waals surface area contributed by atoms with Crippen LogP contribution >= 0.6 is 22.6 Å². The van der Waals surface area contributed by atoms with E-state index in [0.29, 0.717) is 19.4 Å². The van der Waals surface area contributed by atoms with Gasteiger partial charge in [-0.3, -0.25) is 4.79 Å². The van der Waals surface area contributed by atoms with Crippen LogP contribution in [0.3, 0.4) is 0 Å². The van der Waals surface area contributed by atoms with Crippen molar-refractivity contribution in [1.29, 1.82) is 0 Å². The lowest BCUT2D eigenvalue weighted by Crippen LogP contribution is -2.05. The summed E-state index contributed by atoms with van der Waals surface area (Å²) in [5.74, 6) is 0.666. The van der Waals surface area contributed by atoms with Crippen LogP contribution < -0.4 is 4.74 Å². The molecule has 0 atom stereocenters. The van der Waals surface area contributed by atoms with Crippen LogP contribution in [0.1, 0.15) is 18.9 Å². The largest absolute Gasteiger partial charge is 0.496 e. The summed E-state index contributed by atoms with van der Waals surface area (Å²) in [6, 6.07) is 5.95. The Bertz CT molecular complexity index is 363. The highest BCUT2D eigenvalue weighted by Crippen LogP contribution is 2.22. The number of aryl methyl sites for hydroxylation is 1. The molecule has 0 saturated carbocycles. The van der Waals surface area contributed by atoms with Gasteiger partial charge in [0, 0.05) is 9.99 Å². The van der Waals surface area contributed by atoms with E-state index >= 15 is 0 Å². The molecule has 1 aromatic carbocycles. The summed E-state index contributed by atoms with van der Waals surface area (Å²) in [6.45, 7) is 2.24. The second-order valence-corrected chi connectivity index (χ2v) is 4.51. The minimum Gasteiger partial charge on any atom is -0.496 e. The highest BCUT2D eigenvalue weighted by molar-refractivity contribution is 14.1. The molecule has 0 aliphatic rings.